The van der Waals surface area contributed by atoms with E-state index in [1.807, 2.05) is 13.0 Å². The molecule has 27 heavy (non-hydrogen) atoms. The first-order valence-corrected chi connectivity index (χ1v) is 10.2. The minimum absolute atomic E-state index is 0.0908. The number of piperidine rings is 1. The summed E-state index contributed by atoms with van der Waals surface area (Å²) in [6.45, 7) is 10.6. The number of benzene rings is 2. The Morgan fingerprint density at radius 3 is 2.00 bits per heavy atom. The van der Waals surface area contributed by atoms with Gasteiger partial charge in [0.2, 0.25) is 0 Å². The van der Waals surface area contributed by atoms with Crippen LogP contribution in [-0.2, 0) is 0 Å². The molecule has 0 saturated carbocycles. The average Bonchev–Trinajstić information content (AvgIpc) is 2.67. The Labute approximate surface area is 164 Å². The van der Waals surface area contributed by atoms with Crippen LogP contribution in [0.3, 0.4) is 0 Å². The monoisotopic (exact) mass is 363 g/mol. The maximum atomic E-state index is 12.1. The lowest BCUT2D eigenvalue weighted by atomic mass is 9.62. The van der Waals surface area contributed by atoms with Gasteiger partial charge in [0.15, 0.2) is 0 Å². The molecule has 0 radical (unpaired) electrons. The Bertz CT molecular complexity index is 741. The number of aliphatic hydroxyl groups is 1. The second kappa shape index (κ2) is 8.41. The molecule has 2 heteroatoms. The van der Waals surface area contributed by atoms with Crippen LogP contribution in [0.4, 0.5) is 0 Å². The third kappa shape index (κ3) is 4.02. The van der Waals surface area contributed by atoms with Crippen molar-refractivity contribution in [3.8, 4) is 0 Å². The number of nitrogens with one attached hydrogen (secondary N) is 1. The molecule has 2 aromatic rings. The van der Waals surface area contributed by atoms with Crippen molar-refractivity contribution >= 4 is 0 Å². The topological polar surface area (TPSA) is 32.3 Å². The summed E-state index contributed by atoms with van der Waals surface area (Å²) >= 11 is 0. The van der Waals surface area contributed by atoms with Crippen molar-refractivity contribution < 1.29 is 5.11 Å². The van der Waals surface area contributed by atoms with Crippen LogP contribution >= 0.6 is 0 Å². The summed E-state index contributed by atoms with van der Waals surface area (Å²) in [6, 6.07) is 21.4. The predicted molar refractivity (Wildman–Crippen MR) is 113 cm³/mol. The Kier molecular flexibility index (Phi) is 6.18. The van der Waals surface area contributed by atoms with E-state index in [9.17, 15) is 5.11 Å². The molecular formula is C25H33NO. The van der Waals surface area contributed by atoms with E-state index < -0.39 is 5.60 Å². The normalized spacial score (nSPS) is 30.8. The molecule has 1 saturated heterocycles. The maximum Gasteiger partial charge on any atom is 0.0774 e. The minimum Gasteiger partial charge on any atom is -0.389 e. The van der Waals surface area contributed by atoms with Gasteiger partial charge >= 0.3 is 0 Å². The number of hydrogen-bond donors (Lipinski definition) is 2. The first-order valence-electron chi connectivity index (χ1n) is 10.2. The Morgan fingerprint density at radius 2 is 1.52 bits per heavy atom. The third-order valence-electron chi connectivity index (χ3n) is 6.19. The second-order valence-electron chi connectivity index (χ2n) is 8.25. The SMILES string of the molecule is C=C(C)C[C@]1(O)[C@H](CCC)[C@H](c2ccccc2)N[C@H](c2ccccc2)[C@@H]1C. The summed E-state index contributed by atoms with van der Waals surface area (Å²) < 4.78 is 0. The zero-order chi connectivity index (χ0) is 19.4. The van der Waals surface area contributed by atoms with Crippen LogP contribution in [0.15, 0.2) is 72.8 Å². The largest absolute Gasteiger partial charge is 0.389 e. The molecule has 0 aliphatic carbocycles. The van der Waals surface area contributed by atoms with E-state index in [0.29, 0.717) is 6.42 Å². The highest BCUT2D eigenvalue weighted by Gasteiger charge is 2.52. The highest BCUT2D eigenvalue weighted by Crippen LogP contribution is 2.50. The highest BCUT2D eigenvalue weighted by molar-refractivity contribution is 5.28. The van der Waals surface area contributed by atoms with Crippen LogP contribution in [0.1, 0.15) is 63.2 Å². The van der Waals surface area contributed by atoms with Gasteiger partial charge in [-0.3, -0.25) is 0 Å². The molecular weight excluding hydrogens is 330 g/mol. The van der Waals surface area contributed by atoms with Gasteiger partial charge in [-0.2, -0.15) is 0 Å². The molecule has 0 spiro atoms. The van der Waals surface area contributed by atoms with E-state index >= 15 is 0 Å². The molecule has 0 bridgehead atoms. The molecule has 2 N–H and O–H groups in total. The van der Waals surface area contributed by atoms with Gasteiger partial charge in [-0.1, -0.05) is 86.5 Å². The standard InChI is InChI=1S/C25H33NO/c1-5-12-22-24(21-15-10-7-11-16-21)26-23(20-13-8-6-9-14-20)19(4)25(22,27)17-18(2)3/h6-11,13-16,19,22-24,26-27H,2,5,12,17H2,1,3-4H3/t19-,22+,23-,24-,25+/m0/s1. The van der Waals surface area contributed by atoms with Crippen LogP contribution < -0.4 is 5.32 Å². The van der Waals surface area contributed by atoms with Crippen molar-refractivity contribution in [3.05, 3.63) is 83.9 Å². The lowest BCUT2D eigenvalue weighted by Crippen LogP contribution is -2.58. The van der Waals surface area contributed by atoms with Gasteiger partial charge in [-0.05, 0) is 30.9 Å². The molecule has 1 aliphatic heterocycles. The molecule has 1 fully saturated rings. The summed E-state index contributed by atoms with van der Waals surface area (Å²) in [5, 5.41) is 16.0. The van der Waals surface area contributed by atoms with E-state index in [-0.39, 0.29) is 23.9 Å². The van der Waals surface area contributed by atoms with Gasteiger partial charge in [-0.15, -0.1) is 6.58 Å². The molecule has 144 valence electrons. The summed E-state index contributed by atoms with van der Waals surface area (Å²) in [4.78, 5) is 0. The van der Waals surface area contributed by atoms with Gasteiger partial charge in [0.05, 0.1) is 5.60 Å². The summed E-state index contributed by atoms with van der Waals surface area (Å²) in [5.41, 5.74) is 2.75. The number of hydrogen-bond acceptors (Lipinski definition) is 2. The second-order valence-corrected chi connectivity index (χ2v) is 8.25. The maximum absolute atomic E-state index is 12.1. The zero-order valence-corrected chi connectivity index (χ0v) is 16.9. The lowest BCUT2D eigenvalue weighted by molar-refractivity contribution is -0.119. The third-order valence-corrected chi connectivity index (χ3v) is 6.19. The quantitative estimate of drug-likeness (QED) is 0.634. The molecule has 1 heterocycles. The molecule has 0 unspecified atom stereocenters. The average molecular weight is 364 g/mol. The number of rotatable bonds is 6. The molecule has 1 aliphatic rings. The van der Waals surface area contributed by atoms with Gasteiger partial charge in [-0.25, -0.2) is 0 Å². The van der Waals surface area contributed by atoms with E-state index in [0.717, 1.165) is 18.4 Å². The minimum atomic E-state index is -0.784. The van der Waals surface area contributed by atoms with E-state index in [1.54, 1.807) is 0 Å². The fourth-order valence-electron chi connectivity index (χ4n) is 4.91. The first kappa shape index (κ1) is 19.9. The molecule has 0 amide bonds. The molecule has 2 aromatic carbocycles. The van der Waals surface area contributed by atoms with Crippen molar-refractivity contribution in [3.63, 3.8) is 0 Å². The first-order chi connectivity index (χ1) is 13.0. The van der Waals surface area contributed by atoms with E-state index in [1.165, 1.54) is 11.1 Å². The van der Waals surface area contributed by atoms with Crippen LogP contribution in [0.5, 0.6) is 0 Å². The fourth-order valence-corrected chi connectivity index (χ4v) is 4.91. The summed E-state index contributed by atoms with van der Waals surface area (Å²) in [7, 11) is 0. The smallest absolute Gasteiger partial charge is 0.0774 e. The van der Waals surface area contributed by atoms with Crippen molar-refractivity contribution in [2.24, 2.45) is 11.8 Å². The predicted octanol–water partition coefficient (Wildman–Crippen LogP) is 5.82. The van der Waals surface area contributed by atoms with Gasteiger partial charge in [0, 0.05) is 23.9 Å². The van der Waals surface area contributed by atoms with Crippen molar-refractivity contribution in [2.45, 2.75) is 57.7 Å². The van der Waals surface area contributed by atoms with Crippen molar-refractivity contribution in [1.29, 1.82) is 0 Å². The van der Waals surface area contributed by atoms with Gasteiger partial charge in [0.25, 0.3) is 0 Å². The summed E-state index contributed by atoms with van der Waals surface area (Å²) in [6.07, 6.45) is 2.69. The van der Waals surface area contributed by atoms with Crippen LogP contribution in [0.2, 0.25) is 0 Å². The van der Waals surface area contributed by atoms with Crippen LogP contribution in [0, 0.1) is 11.8 Å². The van der Waals surface area contributed by atoms with Crippen molar-refractivity contribution in [2.75, 3.05) is 0 Å². The van der Waals surface area contributed by atoms with Crippen molar-refractivity contribution in [1.82, 2.24) is 5.32 Å². The Morgan fingerprint density at radius 1 is 1.00 bits per heavy atom. The zero-order valence-electron chi connectivity index (χ0n) is 16.9. The molecule has 2 nitrogen and oxygen atoms in total. The Balaban J connectivity index is 2.09. The Hall–Kier alpha value is -1.90. The van der Waals surface area contributed by atoms with Crippen LogP contribution in [0.25, 0.3) is 0 Å². The van der Waals surface area contributed by atoms with Crippen LogP contribution in [-0.4, -0.2) is 10.7 Å². The summed E-state index contributed by atoms with van der Waals surface area (Å²) in [5.74, 6) is 0.240. The molecule has 0 aromatic heterocycles. The molecule has 5 atom stereocenters. The van der Waals surface area contributed by atoms with E-state index in [4.69, 9.17) is 0 Å². The lowest BCUT2D eigenvalue weighted by Gasteiger charge is -2.53. The van der Waals surface area contributed by atoms with E-state index in [2.05, 4.69) is 80.3 Å². The molecule has 3 rings (SSSR count). The van der Waals surface area contributed by atoms with Gasteiger partial charge < -0.3 is 10.4 Å². The van der Waals surface area contributed by atoms with Gasteiger partial charge in [0.1, 0.15) is 0 Å². The fraction of sp³-hybridized carbons (Fsp3) is 0.440. The highest BCUT2D eigenvalue weighted by atomic mass is 16.3.